The summed E-state index contributed by atoms with van der Waals surface area (Å²) in [5.41, 5.74) is 3.13. The number of halogens is 3. The van der Waals surface area contributed by atoms with Crippen LogP contribution in [0.25, 0.3) is 16.6 Å². The summed E-state index contributed by atoms with van der Waals surface area (Å²) in [6, 6.07) is 16.5. The molecule has 0 saturated carbocycles. The maximum Gasteiger partial charge on any atom is 0.247 e. The lowest BCUT2D eigenvalue weighted by Gasteiger charge is -2.42. The van der Waals surface area contributed by atoms with Crippen molar-refractivity contribution < 1.29 is 14.7 Å². The van der Waals surface area contributed by atoms with E-state index in [4.69, 9.17) is 34.8 Å². The van der Waals surface area contributed by atoms with Crippen LogP contribution >= 0.6 is 34.8 Å². The lowest BCUT2D eigenvalue weighted by molar-refractivity contribution is -0.142. The smallest absolute Gasteiger partial charge is 0.247 e. The number of carbonyl (C=O) groups is 2. The number of hydrogen-bond donors (Lipinski definition) is 2. The van der Waals surface area contributed by atoms with Gasteiger partial charge in [-0.05, 0) is 54.1 Å². The minimum absolute atomic E-state index is 0.143. The molecule has 1 saturated heterocycles. The number of rotatable bonds is 7. The van der Waals surface area contributed by atoms with E-state index >= 15 is 0 Å². The van der Waals surface area contributed by atoms with Gasteiger partial charge in [0, 0.05) is 40.8 Å². The normalized spacial score (nSPS) is 16.1. The Labute approximate surface area is 261 Å². The molecule has 2 atom stereocenters. The van der Waals surface area contributed by atoms with Crippen molar-refractivity contribution in [1.29, 1.82) is 0 Å². The zero-order chi connectivity index (χ0) is 30.2. The molecular formula is C29H25Cl3N8O3. The van der Waals surface area contributed by atoms with Crippen LogP contribution in [0.15, 0.2) is 73.1 Å². The van der Waals surface area contributed by atoms with Crippen LogP contribution in [0, 0.1) is 0 Å². The molecule has 3 aromatic carbocycles. The summed E-state index contributed by atoms with van der Waals surface area (Å²) in [5.74, 6) is -0.752. The molecule has 220 valence electrons. The maximum absolute atomic E-state index is 13.8. The Bertz CT molecular complexity index is 1820. The summed E-state index contributed by atoms with van der Waals surface area (Å²) in [6.45, 7) is -0.362. The van der Waals surface area contributed by atoms with Gasteiger partial charge in [0.2, 0.25) is 11.8 Å². The van der Waals surface area contributed by atoms with Gasteiger partial charge in [0.15, 0.2) is 5.15 Å². The number of nitrogens with one attached hydrogen (secondary N) is 1. The van der Waals surface area contributed by atoms with E-state index in [-0.39, 0.29) is 30.6 Å². The maximum atomic E-state index is 13.8. The third-order valence-corrected chi connectivity index (χ3v) is 7.87. The highest BCUT2D eigenvalue weighted by atomic mass is 35.5. The van der Waals surface area contributed by atoms with E-state index in [2.05, 4.69) is 20.7 Å². The molecule has 2 aromatic heterocycles. The van der Waals surface area contributed by atoms with E-state index < -0.39 is 18.2 Å². The number of aryl methyl sites for hydroxylation is 1. The molecule has 0 bridgehead atoms. The summed E-state index contributed by atoms with van der Waals surface area (Å²) in [4.78, 5) is 30.5. The number of nitrogens with zero attached hydrogens (tertiary/aromatic N) is 7. The van der Waals surface area contributed by atoms with Crippen LogP contribution < -0.4 is 10.2 Å². The van der Waals surface area contributed by atoms with Gasteiger partial charge in [-0.25, -0.2) is 4.68 Å². The quantitative estimate of drug-likeness (QED) is 0.272. The molecule has 1 aliphatic heterocycles. The van der Waals surface area contributed by atoms with Crippen LogP contribution in [0.4, 0.5) is 11.4 Å². The molecule has 2 unspecified atom stereocenters. The van der Waals surface area contributed by atoms with Gasteiger partial charge in [0.1, 0.15) is 12.3 Å². The molecule has 1 fully saturated rings. The highest BCUT2D eigenvalue weighted by molar-refractivity contribution is 6.31. The van der Waals surface area contributed by atoms with Gasteiger partial charge in [-0.2, -0.15) is 5.10 Å². The fourth-order valence-corrected chi connectivity index (χ4v) is 5.61. The van der Waals surface area contributed by atoms with Crippen molar-refractivity contribution in [2.75, 3.05) is 23.3 Å². The van der Waals surface area contributed by atoms with E-state index in [1.807, 2.05) is 37.5 Å². The number of piperazine rings is 1. The Hall–Kier alpha value is -4.16. The van der Waals surface area contributed by atoms with Crippen LogP contribution in [-0.2, 0) is 23.1 Å². The summed E-state index contributed by atoms with van der Waals surface area (Å²) in [5, 5.41) is 28.5. The van der Waals surface area contributed by atoms with Crippen molar-refractivity contribution in [3.8, 4) is 5.69 Å². The van der Waals surface area contributed by atoms with Gasteiger partial charge in [0.25, 0.3) is 0 Å². The SMILES string of the molecule is Cn1cc2cc(NC(=O)C(Cc3ccc(Cl)cc3)N3CC(O)N(c4cc(Cl)ccc4-n4cc(Cl)nn4)CC3=O)ccc2n1. The summed E-state index contributed by atoms with van der Waals surface area (Å²) in [6.07, 6.45) is 2.40. The average Bonchev–Trinajstić information content (AvgIpc) is 3.57. The van der Waals surface area contributed by atoms with Crippen molar-refractivity contribution in [2.24, 2.45) is 7.05 Å². The molecular weight excluding hydrogens is 615 g/mol. The van der Waals surface area contributed by atoms with Crippen molar-refractivity contribution in [3.63, 3.8) is 0 Å². The Kier molecular flexibility index (Phi) is 7.97. The van der Waals surface area contributed by atoms with E-state index in [1.165, 1.54) is 20.7 Å². The molecule has 11 nitrogen and oxygen atoms in total. The van der Waals surface area contributed by atoms with Crippen LogP contribution in [-0.4, -0.2) is 72.0 Å². The van der Waals surface area contributed by atoms with Gasteiger partial charge in [-0.15, -0.1) is 5.10 Å². The second kappa shape index (κ2) is 11.8. The highest BCUT2D eigenvalue weighted by Crippen LogP contribution is 2.32. The molecule has 14 heteroatoms. The number of β-amino-alcohol motifs (C(OH)–C–C–N with tert-alkyl or cyclic N) is 1. The highest BCUT2D eigenvalue weighted by Gasteiger charge is 2.39. The lowest BCUT2D eigenvalue weighted by atomic mass is 10.0. The van der Waals surface area contributed by atoms with E-state index in [9.17, 15) is 14.7 Å². The molecule has 1 aliphatic rings. The zero-order valence-electron chi connectivity index (χ0n) is 22.7. The molecule has 0 aliphatic carbocycles. The largest absolute Gasteiger partial charge is 0.372 e. The zero-order valence-corrected chi connectivity index (χ0v) is 25.0. The van der Waals surface area contributed by atoms with Crippen molar-refractivity contribution in [2.45, 2.75) is 18.7 Å². The van der Waals surface area contributed by atoms with Crippen LogP contribution in [0.1, 0.15) is 5.56 Å². The van der Waals surface area contributed by atoms with E-state index in [1.54, 1.807) is 41.1 Å². The van der Waals surface area contributed by atoms with Crippen molar-refractivity contribution >= 4 is 68.9 Å². The van der Waals surface area contributed by atoms with Gasteiger partial charge in [-0.3, -0.25) is 14.3 Å². The summed E-state index contributed by atoms with van der Waals surface area (Å²) < 4.78 is 3.13. The third kappa shape index (κ3) is 6.16. The van der Waals surface area contributed by atoms with Crippen molar-refractivity contribution in [1.82, 2.24) is 29.7 Å². The number of aromatic nitrogens is 5. The molecule has 2 amide bonds. The van der Waals surface area contributed by atoms with Gasteiger partial charge in [0.05, 0.1) is 36.2 Å². The second-order valence-electron chi connectivity index (χ2n) is 10.2. The van der Waals surface area contributed by atoms with Crippen LogP contribution in [0.3, 0.4) is 0 Å². The molecule has 5 aromatic rings. The lowest BCUT2D eigenvalue weighted by Crippen LogP contribution is -2.61. The Balaban J connectivity index is 1.29. The molecule has 6 rings (SSSR count). The minimum atomic E-state index is -1.17. The molecule has 43 heavy (non-hydrogen) atoms. The summed E-state index contributed by atoms with van der Waals surface area (Å²) >= 11 is 18.4. The predicted molar refractivity (Wildman–Crippen MR) is 165 cm³/mol. The Morgan fingerprint density at radius 1 is 1.02 bits per heavy atom. The number of aliphatic hydroxyl groups is 1. The topological polar surface area (TPSA) is 121 Å². The number of aliphatic hydroxyl groups excluding tert-OH is 1. The van der Waals surface area contributed by atoms with E-state index in [0.717, 1.165) is 16.5 Å². The molecule has 2 N–H and O–H groups in total. The van der Waals surface area contributed by atoms with Crippen LogP contribution in [0.2, 0.25) is 15.2 Å². The number of amides is 2. The fraction of sp³-hybridized carbons (Fsp3) is 0.207. The monoisotopic (exact) mass is 638 g/mol. The first kappa shape index (κ1) is 28.9. The minimum Gasteiger partial charge on any atom is -0.372 e. The number of fused-ring (bicyclic) bond motifs is 1. The number of benzene rings is 3. The third-order valence-electron chi connectivity index (χ3n) is 7.21. The van der Waals surface area contributed by atoms with Crippen LogP contribution in [0.5, 0.6) is 0 Å². The second-order valence-corrected chi connectivity index (χ2v) is 11.4. The first-order valence-corrected chi connectivity index (χ1v) is 14.4. The number of carbonyl (C=O) groups excluding carboxylic acids is 2. The molecule has 0 radical (unpaired) electrons. The summed E-state index contributed by atoms with van der Waals surface area (Å²) in [7, 11) is 1.82. The molecule has 0 spiro atoms. The van der Waals surface area contributed by atoms with Gasteiger partial charge < -0.3 is 20.2 Å². The van der Waals surface area contributed by atoms with E-state index in [0.29, 0.717) is 27.1 Å². The first-order chi connectivity index (χ1) is 20.6. The van der Waals surface area contributed by atoms with Gasteiger partial charge in [-0.1, -0.05) is 52.1 Å². The fourth-order valence-electron chi connectivity index (χ4n) is 5.19. The average molecular weight is 640 g/mol. The van der Waals surface area contributed by atoms with Crippen molar-refractivity contribution in [3.05, 3.63) is 93.8 Å². The first-order valence-electron chi connectivity index (χ1n) is 13.3. The predicted octanol–water partition coefficient (Wildman–Crippen LogP) is 4.33. The Morgan fingerprint density at radius 2 is 1.79 bits per heavy atom. The number of hydrogen-bond acceptors (Lipinski definition) is 7. The Morgan fingerprint density at radius 3 is 2.53 bits per heavy atom. The number of anilines is 2. The molecule has 3 heterocycles. The standard InChI is InChI=1S/C29H25Cl3N8O3/c1-37-13-18-11-21(7-8-22(18)35-37)33-29(43)25(10-17-2-4-19(30)5-3-17)39-16-27(41)38(15-28(39)42)24-12-20(31)6-9-23(24)40-14-26(32)34-36-40/h2-9,11-14,25,27,41H,10,15-16H2,1H3,(H,33,43). The van der Waals surface area contributed by atoms with Gasteiger partial charge >= 0.3 is 0 Å².